The van der Waals surface area contributed by atoms with Gasteiger partial charge in [-0.15, -0.1) is 0 Å². The van der Waals surface area contributed by atoms with Crippen LogP contribution in [0.2, 0.25) is 0 Å². The van der Waals surface area contributed by atoms with E-state index in [-0.39, 0.29) is 26.5 Å². The van der Waals surface area contributed by atoms with Crippen LogP contribution in [0, 0.1) is 0 Å². The molecule has 0 heterocycles. The van der Waals surface area contributed by atoms with E-state index in [0.29, 0.717) is 22.9 Å². The van der Waals surface area contributed by atoms with Crippen LogP contribution in [0.15, 0.2) is 30.3 Å². The van der Waals surface area contributed by atoms with Crippen LogP contribution in [0.3, 0.4) is 0 Å². The van der Waals surface area contributed by atoms with Gasteiger partial charge in [0, 0.05) is 0 Å². The topological polar surface area (TPSA) is 103 Å². The van der Waals surface area contributed by atoms with Gasteiger partial charge in [0.25, 0.3) is 0 Å². The molecule has 1 atom stereocenters. The summed E-state index contributed by atoms with van der Waals surface area (Å²) in [5.41, 5.74) is 7.45. The number of hydrogen-bond donors (Lipinski definition) is 3. The van der Waals surface area contributed by atoms with Crippen LogP contribution in [0.1, 0.15) is 32.9 Å². The number of hydrogen-bond acceptors (Lipinski definition) is 6. The minimum absolute atomic E-state index is 0. The normalized spacial score (nSPS) is 10.7. The number of phenols is 1. The minimum Gasteiger partial charge on any atom is -0.506 e. The molecule has 0 aliphatic heterocycles. The Bertz CT molecular complexity index is 828. The predicted molar refractivity (Wildman–Crippen MR) is 119 cm³/mol. The number of benzene rings is 2. The van der Waals surface area contributed by atoms with E-state index in [2.05, 4.69) is 5.32 Å². The Hall–Kier alpha value is -4.19. The fourth-order valence-electron chi connectivity index (χ4n) is 2.39. The van der Waals surface area contributed by atoms with Gasteiger partial charge in [-0.3, -0.25) is 4.79 Å². The molecule has 1 amide bonds. The van der Waals surface area contributed by atoms with Crippen molar-refractivity contribution in [2.24, 2.45) is 5.73 Å². The quantitative estimate of drug-likeness (QED) is 0.302. The van der Waals surface area contributed by atoms with Crippen molar-refractivity contribution in [1.29, 1.82) is 0 Å². The van der Waals surface area contributed by atoms with Crippen molar-refractivity contribution in [2.75, 3.05) is 26.6 Å². The number of phenolic OH excluding ortho intramolecular Hbond substituents is 1. The Morgan fingerprint density at radius 3 is 2.00 bits per heavy atom. The van der Waals surface area contributed by atoms with E-state index in [1.807, 2.05) is 24.3 Å². The first-order valence-electron chi connectivity index (χ1n) is 8.27. The summed E-state index contributed by atoms with van der Waals surface area (Å²) in [6.45, 7) is 1.57. The van der Waals surface area contributed by atoms with Gasteiger partial charge in [-0.25, -0.2) is 0 Å². The van der Waals surface area contributed by atoms with Gasteiger partial charge in [-0.2, -0.15) is 0 Å². The van der Waals surface area contributed by atoms with Crippen molar-refractivity contribution in [3.05, 3.63) is 41.5 Å². The van der Waals surface area contributed by atoms with Crippen LogP contribution in [0.4, 0.5) is 5.69 Å². The van der Waals surface area contributed by atoms with Gasteiger partial charge in [-0.1, -0.05) is 33.1 Å². The zero-order valence-electron chi connectivity index (χ0n) is 16.5. The Balaban J connectivity index is 0. The van der Waals surface area contributed by atoms with Crippen LogP contribution >= 0.6 is 0 Å². The fraction of sp³-hybridized carbons (Fsp3) is 0.318. The predicted octanol–water partition coefficient (Wildman–Crippen LogP) is 4.15. The van der Waals surface area contributed by atoms with Gasteiger partial charge < -0.3 is 30.4 Å². The SMILES string of the molecule is C.C.COc1cc(/C=C\c2ccc(O)c(NC(=O)C(C)N)c2)cc(OC)c1OC.[Rf]. The second kappa shape index (κ2) is 12.3. The molecule has 2 aromatic rings. The summed E-state index contributed by atoms with van der Waals surface area (Å²) in [4.78, 5) is 11.8. The molecule has 0 saturated heterocycles. The molecular weight excluding hydrogens is 639 g/mol. The molecule has 0 radical (unpaired) electrons. The summed E-state index contributed by atoms with van der Waals surface area (Å²) in [7, 11) is 4.65. The molecule has 2 rings (SSSR count). The van der Waals surface area contributed by atoms with E-state index in [1.54, 1.807) is 40.4 Å². The number of amides is 1. The molecule has 2 aromatic carbocycles. The second-order valence-electron chi connectivity index (χ2n) is 5.85. The molecule has 0 aliphatic rings. The third-order valence-corrected chi connectivity index (χ3v) is 3.85. The van der Waals surface area contributed by atoms with Gasteiger partial charge in [0.15, 0.2) is 11.5 Å². The standard InChI is InChI=1S/C20H24N2O5.2CH4.Rf/c1-12(21)20(24)22-15-9-13(7-8-16(15)23)5-6-14-10-17(25-2)19(27-4)18(11-14)26-3;;;/h5-12,23H,21H2,1-4H3,(H,22,24);2*1H4;/b6-5-;;;. The number of ether oxygens (including phenoxy) is 3. The van der Waals surface area contributed by atoms with Crippen molar-refractivity contribution in [3.63, 3.8) is 0 Å². The number of nitrogens with one attached hydrogen (secondary N) is 1. The molecule has 8 heteroatoms. The molecule has 4 N–H and O–H groups in total. The van der Waals surface area contributed by atoms with Crippen molar-refractivity contribution >= 4 is 23.7 Å². The van der Waals surface area contributed by atoms with Crippen LogP contribution < -0.4 is 25.3 Å². The van der Waals surface area contributed by atoms with Crippen LogP contribution in [-0.4, -0.2) is 38.4 Å². The average molecular weight is 672 g/mol. The molecule has 0 fully saturated rings. The number of aromatic hydroxyl groups is 1. The number of anilines is 1. The molecule has 30 heavy (non-hydrogen) atoms. The van der Waals surface area contributed by atoms with Crippen molar-refractivity contribution in [3.8, 4) is 23.0 Å². The molecule has 0 bridgehead atoms. The summed E-state index contributed by atoms with van der Waals surface area (Å²) in [6.07, 6.45) is 3.69. The first kappa shape index (κ1) is 28.0. The number of carbonyl (C=O) groups excluding carboxylic acids is 1. The second-order valence-corrected chi connectivity index (χ2v) is 5.85. The molecule has 0 aromatic heterocycles. The summed E-state index contributed by atoms with van der Waals surface area (Å²) in [5.74, 6) is 1.20. The number of nitrogens with two attached hydrogens (primary N) is 1. The summed E-state index contributed by atoms with van der Waals surface area (Å²) in [5, 5.41) is 12.5. The van der Waals surface area contributed by atoms with Crippen LogP contribution in [0.5, 0.6) is 23.0 Å². The third kappa shape index (κ3) is 6.45. The summed E-state index contributed by atoms with van der Waals surface area (Å²) >= 11 is 0. The molecule has 7 nitrogen and oxygen atoms in total. The Kier molecular flexibility index (Phi) is 11.5. The maximum atomic E-state index is 11.8. The van der Waals surface area contributed by atoms with Crippen LogP contribution in [-0.2, 0) is 4.79 Å². The van der Waals surface area contributed by atoms with E-state index in [0.717, 1.165) is 11.1 Å². The van der Waals surface area contributed by atoms with Gasteiger partial charge in [0.2, 0.25) is 11.7 Å². The summed E-state index contributed by atoms with van der Waals surface area (Å²) in [6, 6.07) is 7.85. The maximum absolute atomic E-state index is 11.8. The zero-order valence-corrected chi connectivity index (χ0v) is 22.9. The molecule has 1 unspecified atom stereocenters. The van der Waals surface area contributed by atoms with E-state index in [1.165, 1.54) is 6.07 Å². The van der Waals surface area contributed by atoms with E-state index in [9.17, 15) is 9.90 Å². The number of carbonyl (C=O) groups is 1. The first-order valence-corrected chi connectivity index (χ1v) is 8.27. The Labute approximate surface area is 173 Å². The van der Waals surface area contributed by atoms with Crippen LogP contribution in [0.25, 0.3) is 12.2 Å². The van der Waals surface area contributed by atoms with E-state index >= 15 is 0 Å². The fourth-order valence-corrected chi connectivity index (χ4v) is 2.39. The molecule has 0 spiro atoms. The van der Waals surface area contributed by atoms with Gasteiger partial charge in [-0.05, 0) is 42.3 Å². The molecule has 162 valence electrons. The van der Waals surface area contributed by atoms with Crippen molar-refractivity contribution < 1.29 is 24.1 Å². The summed E-state index contributed by atoms with van der Waals surface area (Å²) < 4.78 is 16.0. The van der Waals surface area contributed by atoms with Crippen molar-refractivity contribution in [2.45, 2.75) is 27.8 Å². The van der Waals surface area contributed by atoms with Gasteiger partial charge in [0.1, 0.15) is 5.75 Å². The largest absolute Gasteiger partial charge is 0.506 e. The first-order chi connectivity index (χ1) is 12.9. The third-order valence-electron chi connectivity index (χ3n) is 3.85. The van der Waals surface area contributed by atoms with Gasteiger partial charge in [0.05, 0.1) is 33.1 Å². The van der Waals surface area contributed by atoms with E-state index in [4.69, 9.17) is 19.9 Å². The Morgan fingerprint density at radius 1 is 1.00 bits per heavy atom. The van der Waals surface area contributed by atoms with E-state index < -0.39 is 6.04 Å². The molecular formula is C22H32N2O5Rf. The van der Waals surface area contributed by atoms with Crippen molar-refractivity contribution in [1.82, 2.24) is 0 Å². The number of rotatable bonds is 7. The van der Waals surface area contributed by atoms with Gasteiger partial charge >= 0.3 is 0 Å². The molecule has 0 saturated carbocycles. The monoisotopic (exact) mass is 671 g/mol. The smallest absolute Gasteiger partial charge is 0.241 e. The average Bonchev–Trinajstić information content (AvgIpc) is 2.67. The Morgan fingerprint density at radius 2 is 1.53 bits per heavy atom. The zero-order chi connectivity index (χ0) is 20.0. The maximum Gasteiger partial charge on any atom is 0.241 e. The minimum atomic E-state index is -0.678. The molecule has 0 aliphatic carbocycles. The number of methoxy groups -OCH3 is 3.